The maximum absolute atomic E-state index is 13.0. The number of halogens is 2. The third kappa shape index (κ3) is 3.82. The molecule has 88 valence electrons. The van der Waals surface area contributed by atoms with Crippen LogP contribution in [0.15, 0.2) is 18.2 Å². The molecular formula is C10H12F2N2O2. The third-order valence-corrected chi connectivity index (χ3v) is 1.75. The highest BCUT2D eigenvalue weighted by Crippen LogP contribution is 2.17. The number of nitrogens with two attached hydrogens (primary N) is 1. The van der Waals surface area contributed by atoms with Gasteiger partial charge >= 0.3 is 6.09 Å². The molecule has 1 aromatic rings. The molecule has 16 heavy (non-hydrogen) atoms. The summed E-state index contributed by atoms with van der Waals surface area (Å²) in [7, 11) is 0. The highest BCUT2D eigenvalue weighted by molar-refractivity contribution is 5.70. The van der Waals surface area contributed by atoms with Gasteiger partial charge in [-0.25, -0.2) is 13.6 Å². The van der Waals surface area contributed by atoms with E-state index in [4.69, 9.17) is 5.73 Å². The Morgan fingerprint density at radius 1 is 1.44 bits per heavy atom. The Bertz CT molecular complexity index is 372. The van der Waals surface area contributed by atoms with Crippen LogP contribution in [-0.4, -0.2) is 19.2 Å². The molecule has 0 unspecified atom stereocenters. The molecule has 4 nitrogen and oxygen atoms in total. The molecule has 0 spiro atoms. The van der Waals surface area contributed by atoms with Crippen molar-refractivity contribution in [3.63, 3.8) is 0 Å². The van der Waals surface area contributed by atoms with Gasteiger partial charge in [-0.15, -0.1) is 0 Å². The average Bonchev–Trinajstić information content (AvgIpc) is 2.23. The minimum Gasteiger partial charge on any atom is -0.407 e. The molecule has 0 saturated heterocycles. The van der Waals surface area contributed by atoms with E-state index in [1.807, 2.05) is 0 Å². The van der Waals surface area contributed by atoms with E-state index >= 15 is 0 Å². The largest absolute Gasteiger partial charge is 0.412 e. The number of amides is 1. The lowest BCUT2D eigenvalue weighted by Crippen LogP contribution is -2.29. The van der Waals surface area contributed by atoms with E-state index in [1.165, 1.54) is 0 Å². The second-order valence-electron chi connectivity index (χ2n) is 3.03. The number of carbonyl (C=O) groups is 1. The number of rotatable bonds is 4. The minimum atomic E-state index is -0.922. The van der Waals surface area contributed by atoms with Gasteiger partial charge in [0.25, 0.3) is 0 Å². The smallest absolute Gasteiger partial charge is 0.407 e. The fourth-order valence-electron chi connectivity index (χ4n) is 0.986. The molecule has 0 heterocycles. The zero-order valence-corrected chi connectivity index (χ0v) is 8.50. The molecule has 6 heteroatoms. The van der Waals surface area contributed by atoms with E-state index in [-0.39, 0.29) is 5.75 Å². The molecule has 1 rings (SSSR count). The zero-order valence-electron chi connectivity index (χ0n) is 8.50. The van der Waals surface area contributed by atoms with E-state index < -0.39 is 17.7 Å². The number of hydrogen-bond acceptors (Lipinski definition) is 3. The van der Waals surface area contributed by atoms with E-state index in [1.54, 1.807) is 0 Å². The Labute approximate surface area is 91.4 Å². The molecule has 3 N–H and O–H groups in total. The predicted octanol–water partition coefficient (Wildman–Crippen LogP) is 1.40. The van der Waals surface area contributed by atoms with Crippen molar-refractivity contribution in [1.29, 1.82) is 0 Å². The third-order valence-electron chi connectivity index (χ3n) is 1.75. The number of benzene rings is 1. The number of carbonyl (C=O) groups excluding carboxylic acids is 1. The van der Waals surface area contributed by atoms with Crippen LogP contribution < -0.4 is 15.8 Å². The maximum Gasteiger partial charge on any atom is 0.412 e. The molecule has 0 saturated carbocycles. The fraction of sp³-hybridized carbons (Fsp3) is 0.300. The molecule has 0 aliphatic heterocycles. The van der Waals surface area contributed by atoms with Crippen molar-refractivity contribution < 1.29 is 18.3 Å². The Morgan fingerprint density at radius 2 is 2.19 bits per heavy atom. The summed E-state index contributed by atoms with van der Waals surface area (Å²) in [4.78, 5) is 11.1. The van der Waals surface area contributed by atoms with Gasteiger partial charge in [0.1, 0.15) is 5.82 Å². The van der Waals surface area contributed by atoms with Crippen LogP contribution in [0.3, 0.4) is 0 Å². The van der Waals surface area contributed by atoms with E-state index in [0.29, 0.717) is 25.6 Å². The lowest BCUT2D eigenvalue weighted by molar-refractivity contribution is 0.198. The molecule has 0 atom stereocenters. The molecule has 0 fully saturated rings. The lowest BCUT2D eigenvalue weighted by atomic mass is 10.3. The van der Waals surface area contributed by atoms with Crippen molar-refractivity contribution in [2.45, 2.75) is 6.42 Å². The van der Waals surface area contributed by atoms with Gasteiger partial charge in [-0.3, -0.25) is 0 Å². The topological polar surface area (TPSA) is 64.3 Å². The summed E-state index contributed by atoms with van der Waals surface area (Å²) in [5.41, 5.74) is 5.21. The minimum absolute atomic E-state index is 0.313. The predicted molar refractivity (Wildman–Crippen MR) is 54.1 cm³/mol. The Kier molecular flexibility index (Phi) is 4.65. The fourth-order valence-corrected chi connectivity index (χ4v) is 0.986. The Hall–Kier alpha value is -1.69. The summed E-state index contributed by atoms with van der Waals surface area (Å²) in [5.74, 6) is -1.96. The van der Waals surface area contributed by atoms with Crippen LogP contribution in [0.1, 0.15) is 6.42 Å². The lowest BCUT2D eigenvalue weighted by Gasteiger charge is -2.06. The van der Waals surface area contributed by atoms with Crippen molar-refractivity contribution in [3.8, 4) is 5.75 Å². The average molecular weight is 230 g/mol. The number of ether oxygens (including phenoxy) is 1. The second-order valence-corrected chi connectivity index (χ2v) is 3.03. The number of hydrogen-bond donors (Lipinski definition) is 2. The molecular weight excluding hydrogens is 218 g/mol. The van der Waals surface area contributed by atoms with Crippen LogP contribution in [0, 0.1) is 11.6 Å². The quantitative estimate of drug-likeness (QED) is 0.768. The Morgan fingerprint density at radius 3 is 2.81 bits per heavy atom. The molecule has 0 bridgehead atoms. The van der Waals surface area contributed by atoms with Crippen LogP contribution in [0.4, 0.5) is 13.6 Å². The molecule has 0 aliphatic rings. The first-order valence-corrected chi connectivity index (χ1v) is 4.74. The van der Waals surface area contributed by atoms with Crippen LogP contribution in [0.5, 0.6) is 5.75 Å². The van der Waals surface area contributed by atoms with Gasteiger partial charge in [0, 0.05) is 12.6 Å². The number of nitrogens with one attached hydrogen (secondary N) is 1. The molecule has 0 aromatic heterocycles. The van der Waals surface area contributed by atoms with Gasteiger partial charge in [-0.05, 0) is 25.1 Å². The van der Waals surface area contributed by atoms with Gasteiger partial charge in [-0.2, -0.15) is 0 Å². The van der Waals surface area contributed by atoms with E-state index in [2.05, 4.69) is 10.1 Å². The van der Waals surface area contributed by atoms with Crippen molar-refractivity contribution in [2.24, 2.45) is 5.73 Å². The van der Waals surface area contributed by atoms with E-state index in [0.717, 1.165) is 12.1 Å². The zero-order chi connectivity index (χ0) is 12.0. The molecule has 0 radical (unpaired) electrons. The Balaban J connectivity index is 2.49. The van der Waals surface area contributed by atoms with Crippen LogP contribution in [0.25, 0.3) is 0 Å². The van der Waals surface area contributed by atoms with Crippen LogP contribution in [0.2, 0.25) is 0 Å². The summed E-state index contributed by atoms with van der Waals surface area (Å²) in [5, 5.41) is 2.37. The standard InChI is InChI=1S/C10H12F2N2O2/c11-7-2-3-9(8(12)6-7)16-10(15)14-5-1-4-13/h2-3,6H,1,4-5,13H2,(H,14,15). The summed E-state index contributed by atoms with van der Waals surface area (Å²) in [6.07, 6.45) is -0.194. The summed E-state index contributed by atoms with van der Waals surface area (Å²) in [6, 6.07) is 2.70. The van der Waals surface area contributed by atoms with E-state index in [9.17, 15) is 13.6 Å². The maximum atomic E-state index is 13.0. The monoisotopic (exact) mass is 230 g/mol. The van der Waals surface area contributed by atoms with Gasteiger partial charge in [0.15, 0.2) is 11.6 Å². The first-order valence-electron chi connectivity index (χ1n) is 4.74. The van der Waals surface area contributed by atoms with Crippen molar-refractivity contribution in [2.75, 3.05) is 13.1 Å². The summed E-state index contributed by atoms with van der Waals surface area (Å²) in [6.45, 7) is 0.781. The van der Waals surface area contributed by atoms with Crippen LogP contribution >= 0.6 is 0 Å². The van der Waals surface area contributed by atoms with Gasteiger partial charge < -0.3 is 15.8 Å². The SMILES string of the molecule is NCCCNC(=O)Oc1ccc(F)cc1F. The van der Waals surface area contributed by atoms with Crippen molar-refractivity contribution in [3.05, 3.63) is 29.8 Å². The van der Waals surface area contributed by atoms with Gasteiger partial charge in [0.2, 0.25) is 0 Å². The summed E-state index contributed by atoms with van der Waals surface area (Å²) >= 11 is 0. The highest BCUT2D eigenvalue weighted by Gasteiger charge is 2.09. The summed E-state index contributed by atoms with van der Waals surface area (Å²) < 4.78 is 30.2. The normalized spacial score (nSPS) is 9.94. The molecule has 0 aliphatic carbocycles. The second kappa shape index (κ2) is 6.02. The highest BCUT2D eigenvalue weighted by atomic mass is 19.1. The first-order chi connectivity index (χ1) is 7.63. The van der Waals surface area contributed by atoms with Gasteiger partial charge in [0.05, 0.1) is 0 Å². The molecule has 1 aromatic carbocycles. The van der Waals surface area contributed by atoms with Gasteiger partial charge in [-0.1, -0.05) is 0 Å². The first kappa shape index (κ1) is 12.4. The molecule has 1 amide bonds. The van der Waals surface area contributed by atoms with Crippen molar-refractivity contribution in [1.82, 2.24) is 5.32 Å². The van der Waals surface area contributed by atoms with Crippen molar-refractivity contribution >= 4 is 6.09 Å². The van der Waals surface area contributed by atoms with Crippen LogP contribution in [-0.2, 0) is 0 Å².